The Kier molecular flexibility index (Phi) is 7.64. The van der Waals surface area contributed by atoms with Crippen molar-refractivity contribution in [3.05, 3.63) is 35.9 Å². The molecule has 1 aromatic heterocycles. The third kappa shape index (κ3) is 4.89. The molecule has 0 spiro atoms. The number of thioether (sulfide) groups is 1. The Morgan fingerprint density at radius 1 is 1.06 bits per heavy atom. The van der Waals surface area contributed by atoms with Crippen LogP contribution in [0.2, 0.25) is 0 Å². The van der Waals surface area contributed by atoms with Crippen molar-refractivity contribution >= 4 is 44.4 Å². The van der Waals surface area contributed by atoms with Crippen LogP contribution in [-0.4, -0.2) is 70.6 Å². The van der Waals surface area contributed by atoms with E-state index in [4.69, 9.17) is 19.2 Å². The van der Waals surface area contributed by atoms with Crippen molar-refractivity contribution in [1.82, 2.24) is 9.88 Å². The van der Waals surface area contributed by atoms with Crippen LogP contribution in [0, 0.1) is 0 Å². The summed E-state index contributed by atoms with van der Waals surface area (Å²) in [5.41, 5.74) is 1.36. The van der Waals surface area contributed by atoms with E-state index < -0.39 is 0 Å². The maximum atomic E-state index is 13.6. The van der Waals surface area contributed by atoms with E-state index in [-0.39, 0.29) is 5.91 Å². The third-order valence-electron chi connectivity index (χ3n) is 4.75. The van der Waals surface area contributed by atoms with Crippen LogP contribution in [0.15, 0.2) is 35.2 Å². The molecule has 31 heavy (non-hydrogen) atoms. The molecule has 2 aromatic carbocycles. The molecule has 3 aromatic rings. The molecule has 7 nitrogen and oxygen atoms in total. The molecule has 0 atom stereocenters. The monoisotopic (exact) mass is 461 g/mol. The number of thiazole rings is 1. The van der Waals surface area contributed by atoms with Crippen LogP contribution in [0.25, 0.3) is 10.2 Å². The summed E-state index contributed by atoms with van der Waals surface area (Å²) in [7, 11) is 8.56. The molecule has 1 amide bonds. The molecule has 0 radical (unpaired) electrons. The number of methoxy groups -OCH3 is 3. The zero-order chi connectivity index (χ0) is 22.5. The molecule has 3 rings (SSSR count). The second-order valence-corrected chi connectivity index (χ2v) is 8.83. The summed E-state index contributed by atoms with van der Waals surface area (Å²) in [6.07, 6.45) is 2.03. The number of ether oxygens (including phenoxy) is 3. The van der Waals surface area contributed by atoms with Gasteiger partial charge in [-0.05, 0) is 44.6 Å². The van der Waals surface area contributed by atoms with Gasteiger partial charge >= 0.3 is 0 Å². The number of carbonyl (C=O) groups excluding carboxylic acids is 1. The zero-order valence-electron chi connectivity index (χ0n) is 18.6. The summed E-state index contributed by atoms with van der Waals surface area (Å²) >= 11 is 3.16. The lowest BCUT2D eigenvalue weighted by Crippen LogP contribution is -2.36. The van der Waals surface area contributed by atoms with Gasteiger partial charge in [0.1, 0.15) is 0 Å². The Balaban J connectivity index is 2.08. The topological polar surface area (TPSA) is 64.1 Å². The van der Waals surface area contributed by atoms with Crippen molar-refractivity contribution in [2.45, 2.75) is 4.90 Å². The van der Waals surface area contributed by atoms with Crippen LogP contribution in [-0.2, 0) is 0 Å². The highest BCUT2D eigenvalue weighted by Gasteiger charge is 2.25. The molecule has 9 heteroatoms. The van der Waals surface area contributed by atoms with E-state index >= 15 is 0 Å². The summed E-state index contributed by atoms with van der Waals surface area (Å²) in [4.78, 5) is 23.3. The standard InChI is InChI=1S/C22H27N3O4S2/c1-24(2)10-11-25(22-23-19-17(30-6)8-7-9-18(19)31-22)21(26)14-12-15(27-3)20(29-5)16(13-14)28-4/h7-9,12-13H,10-11H2,1-6H3. The van der Waals surface area contributed by atoms with Gasteiger partial charge in [-0.1, -0.05) is 17.4 Å². The van der Waals surface area contributed by atoms with E-state index in [0.29, 0.717) is 41.0 Å². The highest BCUT2D eigenvalue weighted by atomic mass is 32.2. The van der Waals surface area contributed by atoms with Gasteiger partial charge in [0, 0.05) is 23.5 Å². The number of benzene rings is 2. The number of para-hydroxylation sites is 1. The number of rotatable bonds is 9. The second-order valence-electron chi connectivity index (χ2n) is 6.98. The van der Waals surface area contributed by atoms with Crippen molar-refractivity contribution in [2.24, 2.45) is 0 Å². The summed E-state index contributed by atoms with van der Waals surface area (Å²) < 4.78 is 17.3. The fraction of sp³-hybridized carbons (Fsp3) is 0.364. The summed E-state index contributed by atoms with van der Waals surface area (Å²) in [6.45, 7) is 1.19. The molecule has 0 N–H and O–H groups in total. The van der Waals surface area contributed by atoms with Gasteiger partial charge in [0.2, 0.25) is 5.75 Å². The van der Waals surface area contributed by atoms with Gasteiger partial charge in [-0.15, -0.1) is 11.8 Å². The van der Waals surface area contributed by atoms with Crippen LogP contribution in [0.5, 0.6) is 17.2 Å². The SMILES string of the molecule is COc1cc(C(=O)N(CCN(C)C)c2nc3c(SC)cccc3s2)cc(OC)c1OC. The predicted molar refractivity (Wildman–Crippen MR) is 128 cm³/mol. The second kappa shape index (κ2) is 10.2. The number of aromatic nitrogens is 1. The minimum absolute atomic E-state index is 0.175. The minimum Gasteiger partial charge on any atom is -0.493 e. The quantitative estimate of drug-likeness (QED) is 0.441. The Labute approximate surface area is 190 Å². The van der Waals surface area contributed by atoms with E-state index in [9.17, 15) is 4.79 Å². The van der Waals surface area contributed by atoms with Gasteiger partial charge in [-0.25, -0.2) is 4.98 Å². The first-order valence-electron chi connectivity index (χ1n) is 9.63. The number of amides is 1. The normalized spacial score (nSPS) is 11.1. The average Bonchev–Trinajstić information content (AvgIpc) is 3.21. The molecule has 166 valence electrons. The Morgan fingerprint density at radius 2 is 1.74 bits per heavy atom. The summed E-state index contributed by atoms with van der Waals surface area (Å²) in [6, 6.07) is 9.44. The van der Waals surface area contributed by atoms with E-state index in [0.717, 1.165) is 15.1 Å². The molecule has 0 fully saturated rings. The van der Waals surface area contributed by atoms with Crippen LogP contribution in [0.3, 0.4) is 0 Å². The lowest BCUT2D eigenvalue weighted by atomic mass is 10.1. The number of likely N-dealkylation sites (N-methyl/N-ethyl adjacent to an activating group) is 1. The van der Waals surface area contributed by atoms with Gasteiger partial charge in [0.05, 0.1) is 31.5 Å². The lowest BCUT2D eigenvalue weighted by molar-refractivity contribution is 0.0984. The summed E-state index contributed by atoms with van der Waals surface area (Å²) in [5.74, 6) is 1.15. The molecule has 0 saturated carbocycles. The number of carbonyl (C=O) groups is 1. The number of nitrogens with zero attached hydrogens (tertiary/aromatic N) is 3. The van der Waals surface area contributed by atoms with Crippen molar-refractivity contribution in [3.8, 4) is 17.2 Å². The molecular weight excluding hydrogens is 434 g/mol. The smallest absolute Gasteiger partial charge is 0.260 e. The highest BCUT2D eigenvalue weighted by molar-refractivity contribution is 7.98. The molecule has 0 unspecified atom stereocenters. The first-order chi connectivity index (χ1) is 14.9. The van der Waals surface area contributed by atoms with Crippen LogP contribution in [0.4, 0.5) is 5.13 Å². The predicted octanol–water partition coefficient (Wildman–Crippen LogP) is 4.25. The molecule has 0 aliphatic heterocycles. The van der Waals surface area contributed by atoms with Crippen molar-refractivity contribution < 1.29 is 19.0 Å². The van der Waals surface area contributed by atoms with Crippen LogP contribution >= 0.6 is 23.1 Å². The van der Waals surface area contributed by atoms with E-state index in [2.05, 4.69) is 0 Å². The van der Waals surface area contributed by atoms with Gasteiger partial charge in [-0.2, -0.15) is 0 Å². The van der Waals surface area contributed by atoms with Crippen LogP contribution < -0.4 is 19.1 Å². The van der Waals surface area contributed by atoms with Gasteiger partial charge in [-0.3, -0.25) is 9.69 Å². The maximum Gasteiger partial charge on any atom is 0.260 e. The lowest BCUT2D eigenvalue weighted by Gasteiger charge is -2.23. The molecule has 0 saturated heterocycles. The average molecular weight is 462 g/mol. The molecule has 1 heterocycles. The van der Waals surface area contributed by atoms with Crippen molar-refractivity contribution in [2.75, 3.05) is 59.7 Å². The largest absolute Gasteiger partial charge is 0.493 e. The Bertz CT molecular complexity index is 1040. The first-order valence-corrected chi connectivity index (χ1v) is 11.7. The Hall–Kier alpha value is -2.49. The molecule has 0 aliphatic carbocycles. The highest BCUT2D eigenvalue weighted by Crippen LogP contribution is 2.39. The van der Waals surface area contributed by atoms with E-state index in [1.165, 1.54) is 32.7 Å². The maximum absolute atomic E-state index is 13.6. The molecule has 0 aliphatic rings. The van der Waals surface area contributed by atoms with E-state index in [1.54, 1.807) is 28.8 Å². The number of hydrogen-bond acceptors (Lipinski definition) is 8. The van der Waals surface area contributed by atoms with Gasteiger partial charge in [0.15, 0.2) is 16.6 Å². The number of anilines is 1. The Morgan fingerprint density at radius 3 is 2.29 bits per heavy atom. The van der Waals surface area contributed by atoms with Gasteiger partial charge < -0.3 is 19.1 Å². The van der Waals surface area contributed by atoms with E-state index in [1.807, 2.05) is 43.5 Å². The van der Waals surface area contributed by atoms with Gasteiger partial charge in [0.25, 0.3) is 5.91 Å². The van der Waals surface area contributed by atoms with Crippen molar-refractivity contribution in [1.29, 1.82) is 0 Å². The zero-order valence-corrected chi connectivity index (χ0v) is 20.2. The third-order valence-corrected chi connectivity index (χ3v) is 6.56. The fourth-order valence-corrected chi connectivity index (χ4v) is 4.78. The molecule has 0 bridgehead atoms. The fourth-order valence-electron chi connectivity index (χ4n) is 3.14. The van der Waals surface area contributed by atoms with Crippen molar-refractivity contribution in [3.63, 3.8) is 0 Å². The number of hydrogen-bond donors (Lipinski definition) is 0. The van der Waals surface area contributed by atoms with Crippen LogP contribution in [0.1, 0.15) is 10.4 Å². The first kappa shape index (κ1) is 23.2. The number of fused-ring (bicyclic) bond motifs is 1. The molecular formula is C22H27N3O4S2. The minimum atomic E-state index is -0.175. The summed E-state index contributed by atoms with van der Waals surface area (Å²) in [5, 5.41) is 0.664.